The van der Waals surface area contributed by atoms with E-state index in [1.165, 1.54) is 20.3 Å². The molecular formula is C14H17NS2. The molecule has 1 heterocycles. The van der Waals surface area contributed by atoms with Crippen LogP contribution in [0.4, 0.5) is 5.69 Å². The first-order valence-electron chi connectivity index (χ1n) is 5.80. The monoisotopic (exact) mass is 263 g/mol. The van der Waals surface area contributed by atoms with Crippen molar-refractivity contribution < 1.29 is 0 Å². The quantitative estimate of drug-likeness (QED) is 0.779. The topological polar surface area (TPSA) is 12.0 Å². The summed E-state index contributed by atoms with van der Waals surface area (Å²) in [6, 6.07) is 12.9. The zero-order chi connectivity index (χ0) is 12.1. The van der Waals surface area contributed by atoms with Crippen molar-refractivity contribution >= 4 is 28.8 Å². The van der Waals surface area contributed by atoms with Crippen LogP contribution >= 0.6 is 23.1 Å². The van der Waals surface area contributed by atoms with Gasteiger partial charge >= 0.3 is 0 Å². The molecule has 17 heavy (non-hydrogen) atoms. The van der Waals surface area contributed by atoms with Gasteiger partial charge in [0.25, 0.3) is 0 Å². The van der Waals surface area contributed by atoms with Crippen LogP contribution in [0.3, 0.4) is 0 Å². The third kappa shape index (κ3) is 3.51. The Hall–Kier alpha value is -0.930. The van der Waals surface area contributed by atoms with Gasteiger partial charge in [-0.2, -0.15) is 0 Å². The smallest absolute Gasteiger partial charge is 0.0494 e. The maximum Gasteiger partial charge on any atom is 0.0494 e. The highest BCUT2D eigenvalue weighted by atomic mass is 32.2. The highest BCUT2D eigenvalue weighted by Crippen LogP contribution is 2.27. The Balaban J connectivity index is 2.03. The lowest BCUT2D eigenvalue weighted by Gasteiger charge is -2.09. The molecule has 0 radical (unpaired) electrons. The molecule has 1 aromatic carbocycles. The van der Waals surface area contributed by atoms with Gasteiger partial charge in [-0.15, -0.1) is 23.1 Å². The molecule has 0 unspecified atom stereocenters. The second kappa shape index (κ2) is 6.12. The number of aryl methyl sites for hydroxylation is 1. The van der Waals surface area contributed by atoms with Crippen LogP contribution < -0.4 is 5.32 Å². The third-order valence-electron chi connectivity index (χ3n) is 2.44. The lowest BCUT2D eigenvalue weighted by molar-refractivity contribution is 1.17. The predicted molar refractivity (Wildman–Crippen MR) is 79.2 cm³/mol. The highest BCUT2D eigenvalue weighted by Gasteiger charge is 2.02. The number of thioether (sulfide) groups is 1. The van der Waals surface area contributed by atoms with Crippen LogP contribution in [-0.4, -0.2) is 5.75 Å². The van der Waals surface area contributed by atoms with Crippen molar-refractivity contribution in [3.8, 4) is 0 Å². The van der Waals surface area contributed by atoms with E-state index in [-0.39, 0.29) is 0 Å². The molecule has 0 aliphatic rings. The van der Waals surface area contributed by atoms with E-state index < -0.39 is 0 Å². The van der Waals surface area contributed by atoms with Crippen molar-refractivity contribution in [1.29, 1.82) is 0 Å². The van der Waals surface area contributed by atoms with Gasteiger partial charge in [0.1, 0.15) is 0 Å². The summed E-state index contributed by atoms with van der Waals surface area (Å²) in [5, 5.41) is 3.52. The number of para-hydroxylation sites is 1. The van der Waals surface area contributed by atoms with Crippen molar-refractivity contribution in [2.24, 2.45) is 0 Å². The number of rotatable bonds is 5. The fraction of sp³-hybridized carbons (Fsp3) is 0.286. The summed E-state index contributed by atoms with van der Waals surface area (Å²) in [5.74, 6) is 1.11. The Kier molecular flexibility index (Phi) is 4.51. The summed E-state index contributed by atoms with van der Waals surface area (Å²) in [4.78, 5) is 4.10. The average Bonchev–Trinajstić information content (AvgIpc) is 2.74. The van der Waals surface area contributed by atoms with Crippen molar-refractivity contribution in [3.05, 3.63) is 46.2 Å². The van der Waals surface area contributed by atoms with Gasteiger partial charge in [0, 0.05) is 26.9 Å². The Labute approximate surface area is 111 Å². The molecule has 1 N–H and O–H groups in total. The van der Waals surface area contributed by atoms with E-state index in [1.54, 1.807) is 0 Å². The van der Waals surface area contributed by atoms with Crippen LogP contribution in [-0.2, 0) is 6.54 Å². The predicted octanol–water partition coefficient (Wildman–Crippen LogP) is 4.78. The van der Waals surface area contributed by atoms with Gasteiger partial charge < -0.3 is 5.32 Å². The number of nitrogens with one attached hydrogen (secondary N) is 1. The van der Waals surface area contributed by atoms with Gasteiger partial charge in [0.15, 0.2) is 0 Å². The molecule has 2 rings (SSSR count). The van der Waals surface area contributed by atoms with Gasteiger partial charge in [-0.25, -0.2) is 0 Å². The summed E-state index contributed by atoms with van der Waals surface area (Å²) in [6.07, 6.45) is 0. The molecule has 1 aromatic heterocycles. The molecule has 90 valence electrons. The van der Waals surface area contributed by atoms with Crippen molar-refractivity contribution in [3.63, 3.8) is 0 Å². The lowest BCUT2D eigenvalue weighted by atomic mass is 10.3. The average molecular weight is 263 g/mol. The Morgan fingerprint density at radius 1 is 1.18 bits per heavy atom. The first-order chi connectivity index (χ1) is 8.29. The fourth-order valence-electron chi connectivity index (χ4n) is 1.66. The van der Waals surface area contributed by atoms with Gasteiger partial charge in [0.2, 0.25) is 0 Å². The van der Waals surface area contributed by atoms with E-state index in [9.17, 15) is 0 Å². The minimum atomic E-state index is 0.916. The normalized spacial score (nSPS) is 10.5. The molecule has 1 nitrogen and oxygen atoms in total. The molecule has 0 amide bonds. The number of benzene rings is 1. The molecule has 0 fully saturated rings. The number of hydrogen-bond donors (Lipinski definition) is 1. The van der Waals surface area contributed by atoms with Crippen molar-refractivity contribution in [1.82, 2.24) is 0 Å². The Bertz CT molecular complexity index is 477. The van der Waals surface area contributed by atoms with E-state index in [4.69, 9.17) is 0 Å². The van der Waals surface area contributed by atoms with Crippen LogP contribution in [0, 0.1) is 6.92 Å². The molecule has 0 spiro atoms. The van der Waals surface area contributed by atoms with E-state index in [1.807, 2.05) is 23.1 Å². The molecule has 3 heteroatoms. The SMILES string of the molecule is CCSc1ccccc1NCc1ccc(C)s1. The standard InChI is InChI=1S/C14H17NS2/c1-3-16-14-7-5-4-6-13(14)15-10-12-9-8-11(2)17-12/h4-9,15H,3,10H2,1-2H3. The minimum Gasteiger partial charge on any atom is -0.379 e. The second-order valence-corrected chi connectivity index (χ2v) is 6.47. The molecule has 0 aliphatic carbocycles. The maximum absolute atomic E-state index is 3.52. The van der Waals surface area contributed by atoms with Crippen LogP contribution in [0.15, 0.2) is 41.3 Å². The maximum atomic E-state index is 3.52. The first-order valence-corrected chi connectivity index (χ1v) is 7.61. The van der Waals surface area contributed by atoms with Crippen LogP contribution in [0.1, 0.15) is 16.7 Å². The highest BCUT2D eigenvalue weighted by molar-refractivity contribution is 7.99. The minimum absolute atomic E-state index is 0.916. The number of hydrogen-bond acceptors (Lipinski definition) is 3. The summed E-state index contributed by atoms with van der Waals surface area (Å²) in [7, 11) is 0. The molecule has 0 atom stereocenters. The van der Waals surface area contributed by atoms with Gasteiger partial charge in [-0.3, -0.25) is 0 Å². The fourth-order valence-corrected chi connectivity index (χ4v) is 3.27. The molecule has 0 bridgehead atoms. The van der Waals surface area contributed by atoms with Crippen LogP contribution in [0.25, 0.3) is 0 Å². The van der Waals surface area contributed by atoms with Crippen LogP contribution in [0.2, 0.25) is 0 Å². The largest absolute Gasteiger partial charge is 0.379 e. The molecular weight excluding hydrogens is 246 g/mol. The van der Waals surface area contributed by atoms with Gasteiger partial charge in [-0.1, -0.05) is 19.1 Å². The Morgan fingerprint density at radius 2 is 2.00 bits per heavy atom. The number of anilines is 1. The molecule has 0 saturated carbocycles. The zero-order valence-corrected chi connectivity index (χ0v) is 11.8. The molecule has 2 aromatic rings. The summed E-state index contributed by atoms with van der Waals surface area (Å²) in [6.45, 7) is 5.25. The van der Waals surface area contributed by atoms with E-state index >= 15 is 0 Å². The number of thiophene rings is 1. The lowest BCUT2D eigenvalue weighted by Crippen LogP contribution is -1.98. The van der Waals surface area contributed by atoms with E-state index in [0.717, 1.165) is 12.3 Å². The van der Waals surface area contributed by atoms with Gasteiger partial charge in [0.05, 0.1) is 0 Å². The van der Waals surface area contributed by atoms with Crippen molar-refractivity contribution in [2.45, 2.75) is 25.3 Å². The molecule has 0 aliphatic heterocycles. The third-order valence-corrected chi connectivity index (χ3v) is 4.39. The van der Waals surface area contributed by atoms with Gasteiger partial charge in [-0.05, 0) is 36.9 Å². The van der Waals surface area contributed by atoms with Crippen molar-refractivity contribution in [2.75, 3.05) is 11.1 Å². The Morgan fingerprint density at radius 3 is 2.71 bits per heavy atom. The summed E-state index contributed by atoms with van der Waals surface area (Å²) >= 11 is 3.74. The first kappa shape index (κ1) is 12.5. The summed E-state index contributed by atoms with van der Waals surface area (Å²) in [5.41, 5.74) is 1.24. The molecule has 0 saturated heterocycles. The summed E-state index contributed by atoms with van der Waals surface area (Å²) < 4.78 is 0. The zero-order valence-electron chi connectivity index (χ0n) is 10.2. The van der Waals surface area contributed by atoms with E-state index in [0.29, 0.717) is 0 Å². The second-order valence-electron chi connectivity index (χ2n) is 3.80. The van der Waals surface area contributed by atoms with Crippen LogP contribution in [0.5, 0.6) is 0 Å². The van der Waals surface area contributed by atoms with E-state index in [2.05, 4.69) is 55.6 Å².